The molecule has 11 heteroatoms. The Kier molecular flexibility index (Phi) is 7.94. The van der Waals surface area contributed by atoms with Crippen LogP contribution in [-0.2, 0) is 47.7 Å². The molecule has 2 aliphatic rings. The van der Waals surface area contributed by atoms with E-state index >= 15 is 0 Å². The molecule has 0 saturated carbocycles. The molecule has 0 aromatic carbocycles. The summed E-state index contributed by atoms with van der Waals surface area (Å²) in [6.07, 6.45) is -4.20. The number of nitrogens with zero attached hydrogens (tertiary/aromatic N) is 1. The summed E-state index contributed by atoms with van der Waals surface area (Å²) in [4.78, 5) is 51.9. The van der Waals surface area contributed by atoms with Gasteiger partial charge in [0.1, 0.15) is 18.8 Å². The minimum absolute atomic E-state index is 0.0702. The van der Waals surface area contributed by atoms with Crippen LogP contribution in [0, 0.1) is 5.92 Å². The summed E-state index contributed by atoms with van der Waals surface area (Å²) in [6, 6.07) is -0.359. The van der Waals surface area contributed by atoms with Gasteiger partial charge in [0, 0.05) is 40.7 Å². The van der Waals surface area contributed by atoms with E-state index in [0.717, 1.165) is 0 Å². The molecule has 2 aliphatic heterocycles. The molecule has 2 rings (SSSR count). The second-order valence-corrected chi connectivity index (χ2v) is 6.99. The Hall–Kier alpha value is -2.24. The molecule has 0 amide bonds. The van der Waals surface area contributed by atoms with Crippen molar-refractivity contribution >= 4 is 23.9 Å². The first-order valence-electron chi connectivity index (χ1n) is 9.22. The highest BCUT2D eigenvalue weighted by atomic mass is 16.7. The largest absolute Gasteiger partial charge is 0.462 e. The first-order chi connectivity index (χ1) is 13.6. The van der Waals surface area contributed by atoms with E-state index < -0.39 is 48.3 Å². The van der Waals surface area contributed by atoms with E-state index in [9.17, 15) is 19.2 Å². The van der Waals surface area contributed by atoms with Gasteiger partial charge in [-0.2, -0.15) is 5.06 Å². The molecule has 2 heterocycles. The van der Waals surface area contributed by atoms with Crippen molar-refractivity contribution in [1.82, 2.24) is 5.06 Å². The van der Waals surface area contributed by atoms with Gasteiger partial charge in [0.2, 0.25) is 0 Å². The van der Waals surface area contributed by atoms with E-state index in [1.54, 1.807) is 12.1 Å². The van der Waals surface area contributed by atoms with Crippen LogP contribution in [-0.4, -0.2) is 86.3 Å². The van der Waals surface area contributed by atoms with Gasteiger partial charge in [-0.15, -0.1) is 0 Å². The van der Waals surface area contributed by atoms with Crippen LogP contribution in [0.4, 0.5) is 0 Å². The highest BCUT2D eigenvalue weighted by Gasteiger charge is 2.54. The Morgan fingerprint density at radius 2 is 1.62 bits per heavy atom. The first kappa shape index (κ1) is 23.0. The monoisotopic (exact) mass is 417 g/mol. The second kappa shape index (κ2) is 9.99. The summed E-state index contributed by atoms with van der Waals surface area (Å²) >= 11 is 0. The van der Waals surface area contributed by atoms with E-state index in [1.165, 1.54) is 27.7 Å². The summed E-state index contributed by atoms with van der Waals surface area (Å²) in [6.45, 7) is 5.06. The number of carbonyl (C=O) groups is 4. The second-order valence-electron chi connectivity index (χ2n) is 6.99. The topological polar surface area (TPSA) is 127 Å². The van der Waals surface area contributed by atoms with Crippen molar-refractivity contribution in [3.63, 3.8) is 0 Å². The molecule has 6 atom stereocenters. The fourth-order valence-corrected chi connectivity index (χ4v) is 3.61. The van der Waals surface area contributed by atoms with Crippen molar-refractivity contribution in [2.75, 3.05) is 26.9 Å². The van der Waals surface area contributed by atoms with E-state index in [2.05, 4.69) is 0 Å². The molecule has 0 N–H and O–H groups in total. The summed E-state index contributed by atoms with van der Waals surface area (Å²) in [5, 5.41) is 1.57. The van der Waals surface area contributed by atoms with Crippen LogP contribution >= 0.6 is 0 Å². The summed E-state index contributed by atoms with van der Waals surface area (Å²) in [7, 11) is 1.70. The SMILES string of the molecule is CC(=O)OC[C@@H](OC(C)=O)[C@@H](OC(C)=O)[C@H]1OC[C@H]2CON(C)[C@H]2[C@@H]1OC(C)=O. The van der Waals surface area contributed by atoms with Crippen molar-refractivity contribution in [1.29, 1.82) is 0 Å². The minimum atomic E-state index is -1.19. The first-order valence-corrected chi connectivity index (χ1v) is 9.22. The van der Waals surface area contributed by atoms with Gasteiger partial charge in [-0.1, -0.05) is 0 Å². The van der Waals surface area contributed by atoms with E-state index in [-0.39, 0.29) is 25.2 Å². The maximum absolute atomic E-state index is 11.8. The van der Waals surface area contributed by atoms with Crippen LogP contribution in [0.5, 0.6) is 0 Å². The van der Waals surface area contributed by atoms with Crippen molar-refractivity contribution in [2.45, 2.75) is 58.2 Å². The van der Waals surface area contributed by atoms with Crippen LogP contribution in [0.1, 0.15) is 27.7 Å². The summed E-state index contributed by atoms with van der Waals surface area (Å²) < 4.78 is 27.0. The molecule has 2 fully saturated rings. The molecule has 0 bridgehead atoms. The lowest BCUT2D eigenvalue weighted by molar-refractivity contribution is -0.227. The number of ether oxygens (including phenoxy) is 5. The van der Waals surface area contributed by atoms with Crippen LogP contribution in [0.2, 0.25) is 0 Å². The third-order valence-corrected chi connectivity index (χ3v) is 4.62. The van der Waals surface area contributed by atoms with Crippen molar-refractivity contribution in [3.05, 3.63) is 0 Å². The fourth-order valence-electron chi connectivity index (χ4n) is 3.61. The Bertz CT molecular complexity index is 638. The van der Waals surface area contributed by atoms with Gasteiger partial charge in [-0.05, 0) is 0 Å². The average molecular weight is 417 g/mol. The molecule has 0 spiro atoms. The van der Waals surface area contributed by atoms with Crippen molar-refractivity contribution < 1.29 is 47.7 Å². The molecule has 29 heavy (non-hydrogen) atoms. The molecule has 0 radical (unpaired) electrons. The van der Waals surface area contributed by atoms with Gasteiger partial charge in [0.25, 0.3) is 0 Å². The zero-order valence-corrected chi connectivity index (χ0v) is 17.1. The highest BCUT2D eigenvalue weighted by Crippen LogP contribution is 2.35. The number of esters is 4. The van der Waals surface area contributed by atoms with Crippen LogP contribution < -0.4 is 0 Å². The van der Waals surface area contributed by atoms with E-state index in [4.69, 9.17) is 28.5 Å². The zero-order chi connectivity index (χ0) is 21.7. The smallest absolute Gasteiger partial charge is 0.303 e. The molecule has 0 aromatic heterocycles. The number of hydroxylamine groups is 2. The summed E-state index contributed by atoms with van der Waals surface area (Å²) in [5.41, 5.74) is 0. The summed E-state index contributed by atoms with van der Waals surface area (Å²) in [5.74, 6) is -2.57. The number of hydrogen-bond donors (Lipinski definition) is 0. The number of fused-ring (bicyclic) bond motifs is 1. The highest BCUT2D eigenvalue weighted by molar-refractivity contribution is 5.68. The predicted molar refractivity (Wildman–Crippen MR) is 94.0 cm³/mol. The van der Waals surface area contributed by atoms with E-state index in [1.807, 2.05) is 0 Å². The average Bonchev–Trinajstić information content (AvgIpc) is 2.97. The Morgan fingerprint density at radius 3 is 2.17 bits per heavy atom. The Labute approximate surface area is 168 Å². The normalized spacial score (nSPS) is 28.6. The number of rotatable bonds is 7. The molecule has 0 aliphatic carbocycles. The van der Waals surface area contributed by atoms with Crippen molar-refractivity contribution in [3.8, 4) is 0 Å². The standard InChI is InChI=1S/C18H27NO10/c1-9(20)24-8-14(27-10(2)21)16(28-11(3)22)18-17(29-12(4)23)15-13(6-25-18)7-26-19(15)5/h13-18H,6-8H2,1-5H3/t13-,14+,15+,16+,17-,18+/m0/s1. The maximum atomic E-state index is 11.8. The Morgan fingerprint density at radius 1 is 0.966 bits per heavy atom. The number of likely N-dealkylation sites (N-methyl/N-ethyl adjacent to an activating group) is 1. The molecular formula is C18H27NO10. The van der Waals surface area contributed by atoms with Gasteiger partial charge in [-0.3, -0.25) is 24.0 Å². The molecule has 2 saturated heterocycles. The molecule has 164 valence electrons. The van der Waals surface area contributed by atoms with Crippen molar-refractivity contribution in [2.24, 2.45) is 5.92 Å². The van der Waals surface area contributed by atoms with Gasteiger partial charge < -0.3 is 23.7 Å². The van der Waals surface area contributed by atoms with Crippen LogP contribution in [0.15, 0.2) is 0 Å². The zero-order valence-electron chi connectivity index (χ0n) is 17.1. The quantitative estimate of drug-likeness (QED) is 0.397. The van der Waals surface area contributed by atoms with Gasteiger partial charge in [0.05, 0.1) is 19.3 Å². The minimum Gasteiger partial charge on any atom is -0.462 e. The predicted octanol–water partition coefficient (Wildman–Crippen LogP) is -0.395. The number of hydrogen-bond acceptors (Lipinski definition) is 11. The van der Waals surface area contributed by atoms with Crippen LogP contribution in [0.25, 0.3) is 0 Å². The lowest BCUT2D eigenvalue weighted by Gasteiger charge is -2.43. The van der Waals surface area contributed by atoms with Gasteiger partial charge in [-0.25, -0.2) is 0 Å². The molecule has 11 nitrogen and oxygen atoms in total. The molecule has 0 unspecified atom stereocenters. The molecule has 0 aromatic rings. The molecular weight excluding hydrogens is 390 g/mol. The third kappa shape index (κ3) is 6.12. The lowest BCUT2D eigenvalue weighted by Crippen LogP contribution is -2.62. The lowest BCUT2D eigenvalue weighted by atomic mass is 9.87. The Balaban J connectivity index is 2.37. The third-order valence-electron chi connectivity index (χ3n) is 4.62. The number of carbonyl (C=O) groups excluding carboxylic acids is 4. The van der Waals surface area contributed by atoms with Gasteiger partial charge >= 0.3 is 23.9 Å². The van der Waals surface area contributed by atoms with E-state index in [0.29, 0.717) is 6.61 Å². The maximum Gasteiger partial charge on any atom is 0.303 e. The van der Waals surface area contributed by atoms with Crippen LogP contribution in [0.3, 0.4) is 0 Å². The van der Waals surface area contributed by atoms with Gasteiger partial charge in [0.15, 0.2) is 12.2 Å². The fraction of sp³-hybridized carbons (Fsp3) is 0.778.